The first-order valence-electron chi connectivity index (χ1n) is 35.4. The molecule has 0 radical (unpaired) electrons. The van der Waals surface area contributed by atoms with Gasteiger partial charge < -0.3 is 147 Å². The average molecular weight is 1440 g/mol. The molecule has 1 spiro atoms. The second-order valence-electron chi connectivity index (χ2n) is 31.4. The molecular weight excluding hydrogens is 1330 g/mol. The number of aliphatic hydroxyl groups excluding tert-OH is 14. The third-order valence-electron chi connectivity index (χ3n) is 24.7. The van der Waals surface area contributed by atoms with Gasteiger partial charge in [-0.3, -0.25) is 9.59 Å². The average Bonchev–Trinajstić information content (AvgIpc) is 1.47. The minimum absolute atomic E-state index is 0.0151. The molecule has 0 aromatic carbocycles. The van der Waals surface area contributed by atoms with Gasteiger partial charge in [-0.1, -0.05) is 53.2 Å². The second kappa shape index (κ2) is 30.7. The number of hydrogen-bond acceptors (Lipinski definition) is 32. The number of fused-ring (bicyclic) bond motifs is 4. The summed E-state index contributed by atoms with van der Waals surface area (Å²) in [7, 11) is 2.40. The molecule has 32 unspecified atom stereocenters. The fraction of sp³-hybridized carbons (Fsp3) is 0.941. The summed E-state index contributed by atoms with van der Waals surface area (Å²) in [5.74, 6) is -0.347. The standard InChI is InChI=1S/C68H110O32/c1-27(2)20-30(90-29(4)72)21-67(9)39-15-18-66(8)32-12-13-38-64(5,6)40(16-17-65(38,7)31(32)14-19-68(39,66)63(84)100-67)95-62-56(44(77)37(26-88-62)94-59-50(83)55(43(76)36(24-71)91-59)98-61-49(82)54(86-11)42(75)35(23-70)93-61)99-58-46(79)45(78)51(28(3)89-58)96-57-47(80)52(33(73)25-87-57)97-60-48(81)53(85-10)41(74)34(22-69)92-60/h12,27-28,30-31,33-62,69-71,73-83H,13-26H2,1-11H3/t28?,30-,31?,33?,34?,35?,36?,37?,38?,39?,40-,41?,42?,43?,44?,45?,46?,47?,48?,49?,50?,51?,52?,53?,54?,55?,56?,57?,58?,59?,60?,61?,62?,65+,66-,67-,68?/m0/s1. The predicted octanol–water partition coefficient (Wildman–Crippen LogP) is -2.82. The molecular formula is C68H110O32. The lowest BCUT2D eigenvalue weighted by Gasteiger charge is -2.64. The molecule has 11 rings (SSSR count). The number of hydrogen-bond donors (Lipinski definition) is 14. The molecule has 574 valence electrons. The SMILES string of the molecule is COC1C(O)C(CO)OC(OC2C(O)COC(OC3C(C)OC(OC4C(O[C@H]5CC[C@]6(C)C7CCC89C(=O)O[C@@](C)(C[C@H](CC(C)C)OC(C)=O)C8CC[C@@]9(C)C7=CCC6C5(C)C)OCC(OC5OC(CO)C(O)C(OC6OC(CO)C(O)C(OC)C6O)C5O)C4O)C(O)C3O)C2O)C1O. The zero-order valence-corrected chi connectivity index (χ0v) is 58.7. The van der Waals surface area contributed by atoms with Crippen molar-refractivity contribution in [2.45, 2.75) is 310 Å². The van der Waals surface area contributed by atoms with E-state index in [0.717, 1.165) is 19.3 Å². The van der Waals surface area contributed by atoms with Gasteiger partial charge in [-0.2, -0.15) is 0 Å². The van der Waals surface area contributed by atoms with E-state index in [4.69, 9.17) is 75.8 Å². The number of carbonyl (C=O) groups excluding carboxylic acids is 2. The van der Waals surface area contributed by atoms with Crippen LogP contribution in [0.3, 0.4) is 0 Å². The van der Waals surface area contributed by atoms with Gasteiger partial charge in [0, 0.05) is 38.9 Å². The van der Waals surface area contributed by atoms with E-state index in [2.05, 4.69) is 47.6 Å². The lowest BCUT2D eigenvalue weighted by Crippen LogP contribution is -2.67. The minimum Gasteiger partial charge on any atom is -0.462 e. The van der Waals surface area contributed by atoms with Crippen LogP contribution < -0.4 is 0 Å². The highest BCUT2D eigenvalue weighted by Crippen LogP contribution is 2.76. The number of esters is 2. The predicted molar refractivity (Wildman–Crippen MR) is 335 cm³/mol. The van der Waals surface area contributed by atoms with E-state index in [1.54, 1.807) is 0 Å². The number of rotatable bonds is 22. The second-order valence-corrected chi connectivity index (χ2v) is 31.4. The number of aliphatic hydroxyl groups is 14. The van der Waals surface area contributed by atoms with Gasteiger partial charge in [-0.25, -0.2) is 0 Å². The summed E-state index contributed by atoms with van der Waals surface area (Å²) in [5.41, 5.74) is -1.80. The van der Waals surface area contributed by atoms with Crippen LogP contribution in [0.1, 0.15) is 120 Å². The zero-order chi connectivity index (χ0) is 72.8. The maximum Gasteiger partial charge on any atom is 0.313 e. The quantitative estimate of drug-likeness (QED) is 0.0384. The van der Waals surface area contributed by atoms with Crippen LogP contribution in [0.4, 0.5) is 0 Å². The molecule has 100 heavy (non-hydrogen) atoms. The van der Waals surface area contributed by atoms with E-state index < -0.39 is 239 Å². The van der Waals surface area contributed by atoms with E-state index in [-0.39, 0.29) is 41.0 Å². The van der Waals surface area contributed by atoms with Crippen molar-refractivity contribution in [2.75, 3.05) is 47.3 Å². The molecule has 0 bridgehead atoms. The van der Waals surface area contributed by atoms with E-state index in [1.807, 2.05) is 6.92 Å². The molecule has 3 saturated carbocycles. The minimum atomic E-state index is -2.02. The Balaban J connectivity index is 0.828. The van der Waals surface area contributed by atoms with Gasteiger partial charge in [0.1, 0.15) is 140 Å². The third-order valence-corrected chi connectivity index (χ3v) is 24.7. The highest BCUT2D eigenvalue weighted by atomic mass is 16.8. The third kappa shape index (κ3) is 13.9. The van der Waals surface area contributed by atoms with Crippen LogP contribution in [-0.2, 0) is 85.4 Å². The summed E-state index contributed by atoms with van der Waals surface area (Å²) in [6, 6.07) is 0. The van der Waals surface area contributed by atoms with Crippen LogP contribution in [0.5, 0.6) is 0 Å². The Morgan fingerprint density at radius 1 is 0.560 bits per heavy atom. The van der Waals surface area contributed by atoms with Crippen molar-refractivity contribution in [3.05, 3.63) is 11.6 Å². The zero-order valence-electron chi connectivity index (χ0n) is 58.7. The van der Waals surface area contributed by atoms with Gasteiger partial charge in [-0.15, -0.1) is 0 Å². The monoisotopic (exact) mass is 1440 g/mol. The van der Waals surface area contributed by atoms with Crippen LogP contribution in [-0.4, -0.2) is 321 Å². The molecule has 14 N–H and O–H groups in total. The van der Waals surface area contributed by atoms with Gasteiger partial charge in [-0.05, 0) is 93.8 Å². The van der Waals surface area contributed by atoms with Crippen LogP contribution in [0.25, 0.3) is 0 Å². The molecule has 4 aliphatic carbocycles. The van der Waals surface area contributed by atoms with Crippen LogP contribution >= 0.6 is 0 Å². The molecule has 32 heteroatoms. The van der Waals surface area contributed by atoms with Crippen LogP contribution in [0.2, 0.25) is 0 Å². The first kappa shape index (κ1) is 78.6. The molecule has 37 atom stereocenters. The fourth-order valence-corrected chi connectivity index (χ4v) is 19.6. The van der Waals surface area contributed by atoms with Crippen molar-refractivity contribution >= 4 is 11.9 Å². The summed E-state index contributed by atoms with van der Waals surface area (Å²) in [4.78, 5) is 27.2. The Hall–Kier alpha value is -2.44. The fourth-order valence-electron chi connectivity index (χ4n) is 19.6. The topological polar surface area (TPSA) is 465 Å². The Morgan fingerprint density at radius 2 is 1.09 bits per heavy atom. The molecule has 11 aliphatic rings. The maximum atomic E-state index is 14.8. The Morgan fingerprint density at radius 3 is 1.67 bits per heavy atom. The molecule has 0 amide bonds. The first-order chi connectivity index (χ1) is 47.2. The van der Waals surface area contributed by atoms with Gasteiger partial charge in [0.2, 0.25) is 0 Å². The smallest absolute Gasteiger partial charge is 0.313 e. The summed E-state index contributed by atoms with van der Waals surface area (Å²) in [5, 5.41) is 156. The Bertz CT molecular complexity index is 2800. The molecule has 7 saturated heterocycles. The lowest BCUT2D eigenvalue weighted by molar-refractivity contribution is -0.394. The molecule has 7 heterocycles. The van der Waals surface area contributed by atoms with E-state index in [1.165, 1.54) is 33.6 Å². The molecule has 32 nitrogen and oxygen atoms in total. The van der Waals surface area contributed by atoms with Crippen molar-refractivity contribution in [2.24, 2.45) is 45.3 Å². The summed E-state index contributed by atoms with van der Waals surface area (Å²) in [6.07, 6.45) is -38.9. The van der Waals surface area contributed by atoms with Crippen molar-refractivity contribution in [1.82, 2.24) is 0 Å². The molecule has 7 aliphatic heterocycles. The van der Waals surface area contributed by atoms with Crippen molar-refractivity contribution in [3.63, 3.8) is 0 Å². The molecule has 10 fully saturated rings. The van der Waals surface area contributed by atoms with Gasteiger partial charge in [0.15, 0.2) is 37.7 Å². The normalized spacial score (nSPS) is 51.3. The molecule has 0 aromatic heterocycles. The van der Waals surface area contributed by atoms with Gasteiger partial charge in [0.25, 0.3) is 0 Å². The van der Waals surface area contributed by atoms with E-state index in [9.17, 15) is 81.1 Å². The summed E-state index contributed by atoms with van der Waals surface area (Å²) in [6.45, 7) is 14.5. The lowest BCUT2D eigenvalue weighted by atomic mass is 9.41. The van der Waals surface area contributed by atoms with Gasteiger partial charge >= 0.3 is 11.9 Å². The van der Waals surface area contributed by atoms with E-state index in [0.29, 0.717) is 38.5 Å². The summed E-state index contributed by atoms with van der Waals surface area (Å²) >= 11 is 0. The first-order valence-corrected chi connectivity index (χ1v) is 35.4. The number of cyclic esters (lactones) is 1. The Kier molecular flexibility index (Phi) is 24.1. The number of carbonyl (C=O) groups is 2. The largest absolute Gasteiger partial charge is 0.462 e. The summed E-state index contributed by atoms with van der Waals surface area (Å²) < 4.78 is 96.2. The van der Waals surface area contributed by atoms with Crippen LogP contribution in [0.15, 0.2) is 11.6 Å². The van der Waals surface area contributed by atoms with Crippen LogP contribution in [0, 0.1) is 45.3 Å². The van der Waals surface area contributed by atoms with Gasteiger partial charge in [0.05, 0.1) is 50.7 Å². The number of allylic oxidation sites excluding steroid dienone is 2. The molecule has 0 aromatic rings. The highest BCUT2D eigenvalue weighted by molar-refractivity contribution is 5.83. The number of methoxy groups -OCH3 is 2. The van der Waals surface area contributed by atoms with Crippen molar-refractivity contribution in [3.8, 4) is 0 Å². The Labute approximate surface area is 581 Å². The number of ether oxygens (including phenoxy) is 16. The highest BCUT2D eigenvalue weighted by Gasteiger charge is 2.77. The van der Waals surface area contributed by atoms with E-state index >= 15 is 0 Å². The van der Waals surface area contributed by atoms with Crippen molar-refractivity contribution in [1.29, 1.82) is 0 Å². The maximum absolute atomic E-state index is 14.8. The van der Waals surface area contributed by atoms with Crippen molar-refractivity contribution < 1.29 is 157 Å².